The zero-order chi connectivity index (χ0) is 30.1. The third-order valence-electron chi connectivity index (χ3n) is 7.98. The molecule has 3 aromatic rings. The highest BCUT2D eigenvalue weighted by atomic mass is 79.9. The summed E-state index contributed by atoms with van der Waals surface area (Å²) in [7, 11) is 0. The molecule has 1 aliphatic carbocycles. The number of carbonyl (C=O) groups excluding carboxylic acids is 2. The molecule has 6 nitrogen and oxygen atoms in total. The molecule has 42 heavy (non-hydrogen) atoms. The van der Waals surface area contributed by atoms with Crippen LogP contribution in [0.2, 0.25) is 0 Å². The first-order valence-electron chi connectivity index (χ1n) is 14.0. The van der Waals surface area contributed by atoms with Gasteiger partial charge in [0.1, 0.15) is 19.1 Å². The van der Waals surface area contributed by atoms with Gasteiger partial charge in [-0.25, -0.2) is 0 Å². The minimum Gasteiger partial charge on any atom is -0.542 e. The van der Waals surface area contributed by atoms with Crippen LogP contribution in [0.3, 0.4) is 0 Å². The molecule has 1 amide bonds. The molecule has 3 atom stereocenters. The van der Waals surface area contributed by atoms with Crippen molar-refractivity contribution in [1.29, 1.82) is 0 Å². The van der Waals surface area contributed by atoms with Crippen LogP contribution in [0.5, 0.6) is 0 Å². The molecule has 1 saturated heterocycles. The zero-order valence-corrected chi connectivity index (χ0v) is 24.6. The van der Waals surface area contributed by atoms with Gasteiger partial charge in [-0.15, -0.1) is 0 Å². The lowest BCUT2D eigenvalue weighted by molar-refractivity contribution is -0.934. The topological polar surface area (TPSA) is 82.9 Å². The highest BCUT2D eigenvalue weighted by Crippen LogP contribution is 2.39. The Balaban J connectivity index is 0.000000517. The third kappa shape index (κ3) is 8.65. The first-order chi connectivity index (χ1) is 20.1. The zero-order valence-electron chi connectivity index (χ0n) is 23.0. The van der Waals surface area contributed by atoms with E-state index in [0.717, 1.165) is 61.2 Å². The van der Waals surface area contributed by atoms with Gasteiger partial charge in [-0.05, 0) is 35.2 Å². The maximum Gasteiger partial charge on any atom is 0.430 e. The van der Waals surface area contributed by atoms with E-state index < -0.39 is 12.1 Å². The van der Waals surface area contributed by atoms with Crippen molar-refractivity contribution in [2.24, 2.45) is 5.92 Å². The summed E-state index contributed by atoms with van der Waals surface area (Å²) in [6.45, 7) is 3.82. The molecule has 0 radical (unpaired) electrons. The first kappa shape index (κ1) is 31.7. The number of nitrogens with one attached hydrogen (secondary N) is 2. The van der Waals surface area contributed by atoms with E-state index in [9.17, 15) is 18.0 Å². The molecule has 1 heterocycles. The van der Waals surface area contributed by atoms with E-state index in [1.807, 2.05) is 36.4 Å². The van der Waals surface area contributed by atoms with E-state index in [2.05, 4.69) is 69.8 Å². The number of carboxylic acids is 1. The molecule has 224 valence electrons. The van der Waals surface area contributed by atoms with Crippen LogP contribution in [-0.2, 0) is 14.3 Å². The van der Waals surface area contributed by atoms with Gasteiger partial charge in [-0.1, -0.05) is 88.7 Å². The monoisotopic (exact) mass is 646 g/mol. The molecule has 1 aliphatic heterocycles. The molecule has 3 aromatic carbocycles. The number of quaternary nitrogens is 1. The summed E-state index contributed by atoms with van der Waals surface area (Å²) >= 11 is 3.58. The average molecular weight is 648 g/mol. The minimum absolute atomic E-state index is 0.0391. The van der Waals surface area contributed by atoms with Crippen LogP contribution >= 0.6 is 15.9 Å². The molecule has 2 aliphatic rings. The van der Waals surface area contributed by atoms with E-state index >= 15 is 0 Å². The highest BCUT2D eigenvalue weighted by molar-refractivity contribution is 9.10. The maximum absolute atomic E-state index is 13.9. The number of morpholine rings is 1. The number of carboxylic acid groups (broad SMARTS) is 1. The summed E-state index contributed by atoms with van der Waals surface area (Å²) < 4.78 is 38.2. The summed E-state index contributed by atoms with van der Waals surface area (Å²) in [6, 6.07) is 29.6. The van der Waals surface area contributed by atoms with Crippen LogP contribution in [-0.4, -0.2) is 50.4 Å². The lowest BCUT2D eigenvalue weighted by atomic mass is 9.72. The minimum atomic E-state index is -5.19. The van der Waals surface area contributed by atoms with Gasteiger partial charge in [0.2, 0.25) is 5.91 Å². The van der Waals surface area contributed by atoms with Crippen molar-refractivity contribution in [2.75, 3.05) is 26.3 Å². The first-order valence-corrected chi connectivity index (χ1v) is 14.8. The number of alkyl halides is 3. The molecule has 0 aromatic heterocycles. The highest BCUT2D eigenvalue weighted by Gasteiger charge is 2.40. The fourth-order valence-electron chi connectivity index (χ4n) is 5.87. The van der Waals surface area contributed by atoms with Gasteiger partial charge >= 0.3 is 6.18 Å². The Bertz CT molecular complexity index is 1250. The number of benzene rings is 3. The van der Waals surface area contributed by atoms with E-state index in [1.54, 1.807) is 4.90 Å². The van der Waals surface area contributed by atoms with E-state index in [0.29, 0.717) is 6.04 Å². The van der Waals surface area contributed by atoms with Crippen LogP contribution in [0, 0.1) is 5.92 Å². The predicted octanol–water partition coefficient (Wildman–Crippen LogP) is 3.82. The number of rotatable bonds is 6. The Labute approximate surface area is 252 Å². The van der Waals surface area contributed by atoms with Gasteiger partial charge < -0.3 is 24.9 Å². The molecular weight excluding hydrogens is 613 g/mol. The molecule has 2 N–H and O–H groups in total. The van der Waals surface area contributed by atoms with E-state index in [-0.39, 0.29) is 23.8 Å². The third-order valence-corrected chi connectivity index (χ3v) is 8.51. The van der Waals surface area contributed by atoms with Crippen LogP contribution < -0.4 is 15.3 Å². The smallest absolute Gasteiger partial charge is 0.430 e. The Hall–Kier alpha value is -3.21. The molecule has 0 bridgehead atoms. The van der Waals surface area contributed by atoms with Gasteiger partial charge in [0.15, 0.2) is 0 Å². The van der Waals surface area contributed by atoms with Crippen molar-refractivity contribution in [3.8, 4) is 0 Å². The van der Waals surface area contributed by atoms with Crippen molar-refractivity contribution in [1.82, 2.24) is 5.32 Å². The molecular formula is C32H34BrF3N2O4. The van der Waals surface area contributed by atoms with Crippen LogP contribution in [0.25, 0.3) is 0 Å². The van der Waals surface area contributed by atoms with Crippen molar-refractivity contribution in [2.45, 2.75) is 43.4 Å². The molecule has 1 saturated carbocycles. The van der Waals surface area contributed by atoms with Crippen molar-refractivity contribution >= 4 is 27.8 Å². The Morgan fingerprint density at radius 1 is 0.881 bits per heavy atom. The summed E-state index contributed by atoms with van der Waals surface area (Å²) in [5.74, 6) is -2.68. The number of amides is 1. The standard InChI is InChI=1S/C30H33BrN2O2.C2HF3O2/c31-25-13-11-22(12-14-25)28-21-26(33-17-19-35-20-18-33)15-16-27(28)30(34)32-29(23-7-3-1-4-8-23)24-9-5-2-6-10-24;3-2(4,5)1(6)7/h1-14,26-29H,15-21H2,(H,32,34);(H,6,7)/t26-,27-,28+;/m1./s1. The second-order valence-electron chi connectivity index (χ2n) is 10.6. The lowest BCUT2D eigenvalue weighted by Gasteiger charge is -2.40. The van der Waals surface area contributed by atoms with E-state index in [4.69, 9.17) is 14.6 Å². The normalized spacial score (nSPS) is 21.2. The number of hydrogen-bond donors (Lipinski definition) is 2. The largest absolute Gasteiger partial charge is 0.542 e. The quantitative estimate of drug-likeness (QED) is 0.427. The predicted molar refractivity (Wildman–Crippen MR) is 153 cm³/mol. The maximum atomic E-state index is 13.9. The second kappa shape index (κ2) is 14.8. The molecule has 0 unspecified atom stereocenters. The Morgan fingerprint density at radius 3 is 1.90 bits per heavy atom. The molecule has 10 heteroatoms. The van der Waals surface area contributed by atoms with Crippen molar-refractivity contribution in [3.05, 3.63) is 106 Å². The summed E-state index contributed by atoms with van der Waals surface area (Å²) in [5.41, 5.74) is 3.49. The molecule has 5 rings (SSSR count). The number of halogens is 4. The SMILES string of the molecule is O=C(NC(c1ccccc1)c1ccccc1)[C@@H]1CC[C@@H]([NH+]2CCOCC2)C[C@H]1c1ccc(Br)cc1.O=C([O-])C(F)(F)F. The van der Waals surface area contributed by atoms with Gasteiger partial charge in [0.25, 0.3) is 0 Å². The number of ether oxygens (including phenoxy) is 1. The molecule has 2 fully saturated rings. The second-order valence-corrected chi connectivity index (χ2v) is 11.5. The van der Waals surface area contributed by atoms with E-state index in [1.165, 1.54) is 5.56 Å². The fraction of sp³-hybridized carbons (Fsp3) is 0.375. The van der Waals surface area contributed by atoms with Gasteiger partial charge in [-0.2, -0.15) is 13.2 Å². The average Bonchev–Trinajstić information content (AvgIpc) is 3.01. The van der Waals surface area contributed by atoms with Gasteiger partial charge in [-0.3, -0.25) is 4.79 Å². The Morgan fingerprint density at radius 2 is 1.40 bits per heavy atom. The lowest BCUT2D eigenvalue weighted by Crippen LogP contribution is -3.17. The summed E-state index contributed by atoms with van der Waals surface area (Å²) in [4.78, 5) is 24.4. The van der Waals surface area contributed by atoms with Gasteiger partial charge in [0, 0.05) is 29.2 Å². The Kier molecular flexibility index (Phi) is 11.2. The van der Waals surface area contributed by atoms with Gasteiger partial charge in [0.05, 0.1) is 25.3 Å². The summed E-state index contributed by atoms with van der Waals surface area (Å²) in [6.07, 6.45) is -2.16. The summed E-state index contributed by atoms with van der Waals surface area (Å²) in [5, 5.41) is 12.2. The van der Waals surface area contributed by atoms with Crippen LogP contribution in [0.4, 0.5) is 13.2 Å². The van der Waals surface area contributed by atoms with Crippen LogP contribution in [0.1, 0.15) is 47.9 Å². The molecule has 0 spiro atoms. The van der Waals surface area contributed by atoms with Crippen molar-refractivity contribution in [3.63, 3.8) is 0 Å². The number of carbonyl (C=O) groups is 2. The van der Waals surface area contributed by atoms with Crippen molar-refractivity contribution < 1.29 is 37.5 Å². The fourth-order valence-corrected chi connectivity index (χ4v) is 6.14. The number of hydrogen-bond acceptors (Lipinski definition) is 4. The number of aliphatic carboxylic acids is 1. The van der Waals surface area contributed by atoms with Crippen LogP contribution in [0.15, 0.2) is 89.4 Å².